The van der Waals surface area contributed by atoms with E-state index in [1.807, 2.05) is 60.7 Å². The third-order valence-corrected chi connectivity index (χ3v) is 7.65. The van der Waals surface area contributed by atoms with E-state index in [-0.39, 0.29) is 0 Å². The summed E-state index contributed by atoms with van der Waals surface area (Å²) in [7, 11) is -2.56. The maximum atomic E-state index is 13.7. The highest BCUT2D eigenvalue weighted by atomic mass is 32.1. The van der Waals surface area contributed by atoms with Crippen molar-refractivity contribution in [1.82, 2.24) is 0 Å². The van der Waals surface area contributed by atoms with Crippen LogP contribution in [0.15, 0.2) is 78.2 Å². The van der Waals surface area contributed by atoms with E-state index in [4.69, 9.17) is 0 Å². The van der Waals surface area contributed by atoms with Crippen LogP contribution in [-0.2, 0) is 11.0 Å². The fourth-order valence-corrected chi connectivity index (χ4v) is 6.01. The molecule has 3 heteroatoms. The molecule has 1 heterocycles. The molecule has 0 saturated heterocycles. The minimum absolute atomic E-state index is 0.682. The average Bonchev–Trinajstić information content (AvgIpc) is 3.08. The van der Waals surface area contributed by atoms with Gasteiger partial charge in [0.25, 0.3) is 0 Å². The van der Waals surface area contributed by atoms with Crippen molar-refractivity contribution < 1.29 is 4.57 Å². The Bertz CT molecular complexity index is 677. The Labute approximate surface area is 129 Å². The van der Waals surface area contributed by atoms with Gasteiger partial charge in [-0.3, -0.25) is 0 Å². The van der Waals surface area contributed by atoms with Crippen molar-refractivity contribution in [2.75, 3.05) is 6.16 Å². The summed E-state index contributed by atoms with van der Waals surface area (Å²) in [6, 6.07) is 23.9. The van der Waals surface area contributed by atoms with E-state index in [1.165, 1.54) is 4.88 Å². The summed E-state index contributed by atoms with van der Waals surface area (Å²) in [5.74, 6) is 0. The SMILES string of the molecule is O=P(CCc1cccs1)(c1ccccc1)c1ccccc1. The van der Waals surface area contributed by atoms with E-state index in [2.05, 4.69) is 17.5 Å². The second-order valence-electron chi connectivity index (χ2n) is 4.96. The van der Waals surface area contributed by atoms with E-state index in [0.29, 0.717) is 6.16 Å². The van der Waals surface area contributed by atoms with Gasteiger partial charge in [-0.05, 0) is 17.9 Å². The van der Waals surface area contributed by atoms with Gasteiger partial charge < -0.3 is 4.57 Å². The molecule has 106 valence electrons. The highest BCUT2D eigenvalue weighted by molar-refractivity contribution is 7.78. The third-order valence-electron chi connectivity index (χ3n) is 3.60. The molecule has 0 spiro atoms. The lowest BCUT2D eigenvalue weighted by atomic mass is 10.4. The van der Waals surface area contributed by atoms with Crippen LogP contribution in [-0.4, -0.2) is 6.16 Å². The van der Waals surface area contributed by atoms with Gasteiger partial charge >= 0.3 is 0 Å². The second kappa shape index (κ2) is 6.43. The lowest BCUT2D eigenvalue weighted by Gasteiger charge is -2.19. The number of hydrogen-bond donors (Lipinski definition) is 0. The average molecular weight is 312 g/mol. The molecule has 0 bridgehead atoms. The molecule has 0 aliphatic heterocycles. The second-order valence-corrected chi connectivity index (χ2v) is 8.96. The number of aryl methyl sites for hydroxylation is 1. The first-order chi connectivity index (χ1) is 10.3. The van der Waals surface area contributed by atoms with Crippen LogP contribution in [0.3, 0.4) is 0 Å². The Balaban J connectivity index is 1.97. The molecule has 0 radical (unpaired) electrons. The van der Waals surface area contributed by atoms with Gasteiger partial charge in [-0.15, -0.1) is 11.3 Å². The van der Waals surface area contributed by atoms with Crippen molar-refractivity contribution in [1.29, 1.82) is 0 Å². The number of hydrogen-bond acceptors (Lipinski definition) is 2. The van der Waals surface area contributed by atoms with Crippen LogP contribution < -0.4 is 10.6 Å². The molecule has 0 unspecified atom stereocenters. The molecule has 0 aliphatic carbocycles. The molecule has 1 nitrogen and oxygen atoms in total. The molecule has 3 rings (SSSR count). The standard InChI is InChI=1S/C18H17OPS/c19-20(16-8-3-1-4-9-16,17-10-5-2-6-11-17)14-13-18-12-7-15-21-18/h1-12,15H,13-14H2. The molecular formula is C18H17OPS. The van der Waals surface area contributed by atoms with Crippen molar-refractivity contribution in [2.24, 2.45) is 0 Å². The van der Waals surface area contributed by atoms with E-state index in [1.54, 1.807) is 11.3 Å². The third kappa shape index (κ3) is 3.18. The topological polar surface area (TPSA) is 17.1 Å². The van der Waals surface area contributed by atoms with Crippen molar-refractivity contribution in [3.63, 3.8) is 0 Å². The summed E-state index contributed by atoms with van der Waals surface area (Å²) in [6.45, 7) is 0. The van der Waals surface area contributed by atoms with Crippen LogP contribution in [0.2, 0.25) is 0 Å². The summed E-state index contributed by atoms with van der Waals surface area (Å²) in [5.41, 5.74) is 0. The van der Waals surface area contributed by atoms with Gasteiger partial charge in [-0.1, -0.05) is 66.7 Å². The predicted molar refractivity (Wildman–Crippen MR) is 92.6 cm³/mol. The van der Waals surface area contributed by atoms with Crippen LogP contribution in [0.4, 0.5) is 0 Å². The Morgan fingerprint density at radius 1 is 0.762 bits per heavy atom. The molecule has 0 aliphatic rings. The molecule has 2 aromatic carbocycles. The van der Waals surface area contributed by atoms with Crippen molar-refractivity contribution in [3.05, 3.63) is 83.1 Å². The van der Waals surface area contributed by atoms with Crippen LogP contribution in [0.1, 0.15) is 4.88 Å². The first-order valence-electron chi connectivity index (χ1n) is 7.02. The highest BCUT2D eigenvalue weighted by Gasteiger charge is 2.26. The highest BCUT2D eigenvalue weighted by Crippen LogP contribution is 2.43. The van der Waals surface area contributed by atoms with Gasteiger partial charge in [0, 0.05) is 21.6 Å². The number of thiophene rings is 1. The molecular weight excluding hydrogens is 295 g/mol. The fourth-order valence-electron chi connectivity index (χ4n) is 2.47. The van der Waals surface area contributed by atoms with Gasteiger partial charge in [0.05, 0.1) is 0 Å². The first-order valence-corrected chi connectivity index (χ1v) is 9.79. The van der Waals surface area contributed by atoms with Gasteiger partial charge in [0.1, 0.15) is 7.14 Å². The molecule has 21 heavy (non-hydrogen) atoms. The minimum Gasteiger partial charge on any atom is -0.314 e. The Hall–Kier alpha value is -1.63. The summed E-state index contributed by atoms with van der Waals surface area (Å²) in [6.07, 6.45) is 1.54. The van der Waals surface area contributed by atoms with Gasteiger partial charge in [0.15, 0.2) is 0 Å². The normalized spacial score (nSPS) is 11.4. The molecule has 1 aromatic heterocycles. The molecule has 0 amide bonds. The zero-order valence-electron chi connectivity index (χ0n) is 11.7. The molecule has 0 atom stereocenters. The lowest BCUT2D eigenvalue weighted by Crippen LogP contribution is -2.19. The Morgan fingerprint density at radius 2 is 1.33 bits per heavy atom. The van der Waals surface area contributed by atoms with E-state index < -0.39 is 7.14 Å². The molecule has 0 saturated carbocycles. The first kappa shape index (κ1) is 14.3. The maximum absolute atomic E-state index is 13.7. The summed E-state index contributed by atoms with van der Waals surface area (Å²) in [5, 5.41) is 3.98. The lowest BCUT2D eigenvalue weighted by molar-refractivity contribution is 0.586. The van der Waals surface area contributed by atoms with Crippen LogP contribution in [0.5, 0.6) is 0 Å². The largest absolute Gasteiger partial charge is 0.314 e. The molecule has 0 fully saturated rings. The van der Waals surface area contributed by atoms with Crippen molar-refractivity contribution >= 4 is 29.1 Å². The molecule has 3 aromatic rings. The quantitative estimate of drug-likeness (QED) is 0.642. The summed E-state index contributed by atoms with van der Waals surface area (Å²) < 4.78 is 13.7. The van der Waals surface area contributed by atoms with Crippen LogP contribution in [0.25, 0.3) is 0 Å². The van der Waals surface area contributed by atoms with Gasteiger partial charge in [-0.25, -0.2) is 0 Å². The van der Waals surface area contributed by atoms with Crippen molar-refractivity contribution in [2.45, 2.75) is 6.42 Å². The fraction of sp³-hybridized carbons (Fsp3) is 0.111. The summed E-state index contributed by atoms with van der Waals surface area (Å²) >= 11 is 1.73. The zero-order chi connectivity index (χ0) is 14.5. The molecule has 0 N–H and O–H groups in total. The summed E-state index contributed by atoms with van der Waals surface area (Å²) in [4.78, 5) is 1.29. The number of benzene rings is 2. The van der Waals surface area contributed by atoms with Gasteiger partial charge in [0.2, 0.25) is 0 Å². The van der Waals surface area contributed by atoms with Crippen LogP contribution >= 0.6 is 18.5 Å². The Morgan fingerprint density at radius 3 is 1.81 bits per heavy atom. The predicted octanol–water partition coefficient (Wildman–Crippen LogP) is 4.30. The smallest absolute Gasteiger partial charge is 0.143 e. The van der Waals surface area contributed by atoms with Gasteiger partial charge in [-0.2, -0.15) is 0 Å². The zero-order valence-corrected chi connectivity index (χ0v) is 13.4. The van der Waals surface area contributed by atoms with E-state index in [9.17, 15) is 4.57 Å². The van der Waals surface area contributed by atoms with E-state index in [0.717, 1.165) is 17.0 Å². The van der Waals surface area contributed by atoms with Crippen LogP contribution in [0, 0.1) is 0 Å². The maximum Gasteiger partial charge on any atom is 0.143 e. The van der Waals surface area contributed by atoms with E-state index >= 15 is 0 Å². The monoisotopic (exact) mass is 312 g/mol. The Kier molecular flexibility index (Phi) is 4.38. The van der Waals surface area contributed by atoms with Crippen molar-refractivity contribution in [3.8, 4) is 0 Å². The minimum atomic E-state index is -2.56. The number of rotatable bonds is 5.